The Morgan fingerprint density at radius 1 is 1.29 bits per heavy atom. The molecule has 0 aromatic heterocycles. The lowest BCUT2D eigenvalue weighted by Gasteiger charge is -2.36. The van der Waals surface area contributed by atoms with Crippen molar-refractivity contribution in [1.29, 1.82) is 0 Å². The first-order valence-electron chi connectivity index (χ1n) is 4.76. The van der Waals surface area contributed by atoms with Crippen LogP contribution < -0.4 is 0 Å². The molecule has 17 heavy (non-hydrogen) atoms. The minimum absolute atomic E-state index is 0.0527. The molecule has 0 bridgehead atoms. The molecule has 1 aliphatic heterocycles. The summed E-state index contributed by atoms with van der Waals surface area (Å²) < 4.78 is 24.1. The summed E-state index contributed by atoms with van der Waals surface area (Å²) in [5, 5.41) is -0.167. The smallest absolute Gasteiger partial charge is 0.276 e. The van der Waals surface area contributed by atoms with Crippen LogP contribution in [0.15, 0.2) is 9.98 Å². The molecule has 1 unspecified atom stereocenters. The summed E-state index contributed by atoms with van der Waals surface area (Å²) >= 11 is 22.6. The van der Waals surface area contributed by atoms with Gasteiger partial charge in [-0.1, -0.05) is 34.8 Å². The first-order valence-corrected chi connectivity index (χ1v) is 6.27. The molecule has 0 N–H and O–H groups in total. The topological polar surface area (TPSA) is 28.0 Å². The van der Waals surface area contributed by atoms with Gasteiger partial charge in [-0.15, -0.1) is 0 Å². The first kappa shape index (κ1) is 13.6. The Kier molecular flexibility index (Phi) is 3.74. The summed E-state index contributed by atoms with van der Waals surface area (Å²) in [6.45, 7) is -2.84. The van der Waals surface area contributed by atoms with Crippen molar-refractivity contribution in [3.63, 3.8) is 0 Å². The van der Waals surface area contributed by atoms with E-state index in [9.17, 15) is 8.78 Å². The molecule has 1 saturated carbocycles. The van der Waals surface area contributed by atoms with E-state index in [0.717, 1.165) is 12.8 Å². The zero-order chi connectivity index (χ0) is 12.8. The van der Waals surface area contributed by atoms with Gasteiger partial charge in [0.25, 0.3) is 0 Å². The highest BCUT2D eigenvalue weighted by Crippen LogP contribution is 2.41. The molecule has 1 fully saturated rings. The van der Waals surface area contributed by atoms with E-state index in [1.54, 1.807) is 0 Å². The highest BCUT2D eigenvalue weighted by molar-refractivity contribution is 6.69. The zero-order valence-corrected chi connectivity index (χ0v) is 11.3. The third-order valence-electron chi connectivity index (χ3n) is 2.41. The van der Waals surface area contributed by atoms with E-state index in [1.807, 2.05) is 0 Å². The average Bonchev–Trinajstić information content (AvgIpc) is 2.97. The van der Waals surface area contributed by atoms with Gasteiger partial charge >= 0.3 is 6.55 Å². The molecular weight excluding hydrogens is 318 g/mol. The van der Waals surface area contributed by atoms with Crippen LogP contribution in [0, 0.1) is 5.92 Å². The van der Waals surface area contributed by atoms with Crippen LogP contribution in [0.5, 0.6) is 0 Å². The van der Waals surface area contributed by atoms with Gasteiger partial charge in [-0.25, -0.2) is 9.98 Å². The van der Waals surface area contributed by atoms with Crippen molar-refractivity contribution in [2.75, 3.05) is 0 Å². The van der Waals surface area contributed by atoms with Gasteiger partial charge in [-0.3, -0.25) is 4.90 Å². The molecule has 0 saturated heterocycles. The second-order valence-electron chi connectivity index (χ2n) is 3.74. The van der Waals surface area contributed by atoms with E-state index >= 15 is 0 Å². The Bertz CT molecular complexity index is 375. The van der Waals surface area contributed by atoms with Gasteiger partial charge < -0.3 is 0 Å². The van der Waals surface area contributed by atoms with Crippen LogP contribution in [-0.2, 0) is 0 Å². The predicted molar refractivity (Wildman–Crippen MR) is 65.4 cm³/mol. The number of hydrogen-bond acceptors (Lipinski definition) is 3. The molecule has 0 radical (unpaired) electrons. The SMILES string of the molecule is FC(F)N1C(C2CC2)=NC(Cl)=NC1C(Cl)(Cl)Cl. The van der Waals surface area contributed by atoms with E-state index in [4.69, 9.17) is 46.4 Å². The largest absolute Gasteiger partial charge is 0.318 e. The minimum atomic E-state index is -2.84. The molecule has 0 spiro atoms. The number of amidine groups is 2. The summed E-state index contributed by atoms with van der Waals surface area (Å²) in [7, 11) is 0. The van der Waals surface area contributed by atoms with E-state index in [-0.39, 0.29) is 17.0 Å². The van der Waals surface area contributed by atoms with E-state index in [0.29, 0.717) is 4.90 Å². The van der Waals surface area contributed by atoms with Gasteiger partial charge in [0.15, 0.2) is 6.17 Å². The summed E-state index contributed by atoms with van der Waals surface area (Å²) in [4.78, 5) is 8.10. The van der Waals surface area contributed by atoms with Gasteiger partial charge in [-0.05, 0) is 24.4 Å². The second kappa shape index (κ2) is 4.68. The third-order valence-corrected chi connectivity index (χ3v) is 3.18. The number of hydrogen-bond donors (Lipinski definition) is 0. The fourth-order valence-corrected chi connectivity index (χ4v) is 2.19. The molecule has 0 aromatic carbocycles. The molecule has 0 aromatic rings. The molecule has 96 valence electrons. The van der Waals surface area contributed by atoms with Crippen LogP contribution in [0.2, 0.25) is 0 Å². The van der Waals surface area contributed by atoms with Crippen LogP contribution in [-0.4, -0.2) is 32.5 Å². The van der Waals surface area contributed by atoms with Crippen molar-refractivity contribution < 1.29 is 8.78 Å². The Balaban J connectivity index is 2.36. The summed E-state index contributed by atoms with van der Waals surface area (Å²) in [5.41, 5.74) is 0. The van der Waals surface area contributed by atoms with Crippen molar-refractivity contribution >= 4 is 57.5 Å². The molecule has 9 heteroatoms. The van der Waals surface area contributed by atoms with Gasteiger partial charge in [0.05, 0.1) is 0 Å². The number of nitrogens with zero attached hydrogens (tertiary/aromatic N) is 3. The van der Waals surface area contributed by atoms with Crippen molar-refractivity contribution in [3.05, 3.63) is 0 Å². The fourth-order valence-electron chi connectivity index (χ4n) is 1.55. The first-order chi connectivity index (χ1) is 7.80. The standard InChI is InChI=1S/C8H7Cl4F2N3/c9-6-15-4(3-1-2-3)17(7(13)14)5(16-6)8(10,11)12/h3,5,7H,1-2H2. The van der Waals surface area contributed by atoms with E-state index < -0.39 is 16.5 Å². The zero-order valence-electron chi connectivity index (χ0n) is 8.26. The molecule has 2 aliphatic rings. The van der Waals surface area contributed by atoms with Crippen LogP contribution in [0.4, 0.5) is 8.78 Å². The normalized spacial score (nSPS) is 26.1. The molecular formula is C8H7Cl4F2N3. The highest BCUT2D eigenvalue weighted by atomic mass is 35.6. The van der Waals surface area contributed by atoms with E-state index in [1.165, 1.54) is 0 Å². The van der Waals surface area contributed by atoms with Gasteiger partial charge in [0.1, 0.15) is 5.84 Å². The molecule has 1 atom stereocenters. The maximum absolute atomic E-state index is 13.0. The average molecular weight is 325 g/mol. The molecule has 3 nitrogen and oxygen atoms in total. The summed E-state index contributed by atoms with van der Waals surface area (Å²) in [5.74, 6) is 0.0967. The van der Waals surface area contributed by atoms with Crippen molar-refractivity contribution in [2.24, 2.45) is 15.9 Å². The molecule has 1 heterocycles. The number of aliphatic imine (C=N–C) groups is 2. The Morgan fingerprint density at radius 3 is 2.29 bits per heavy atom. The van der Waals surface area contributed by atoms with Crippen LogP contribution in [0.25, 0.3) is 0 Å². The lowest BCUT2D eigenvalue weighted by atomic mass is 10.3. The Hall–Kier alpha value is 0.160. The van der Waals surface area contributed by atoms with Crippen LogP contribution in [0.3, 0.4) is 0 Å². The van der Waals surface area contributed by atoms with Crippen molar-refractivity contribution in [3.8, 4) is 0 Å². The molecule has 0 amide bonds. The lowest BCUT2D eigenvalue weighted by molar-refractivity contribution is -0.00363. The number of rotatable bonds is 2. The van der Waals surface area contributed by atoms with Gasteiger partial charge in [0.2, 0.25) is 9.09 Å². The monoisotopic (exact) mass is 323 g/mol. The number of halogens is 6. The lowest BCUT2D eigenvalue weighted by Crippen LogP contribution is -2.52. The maximum atomic E-state index is 13.0. The van der Waals surface area contributed by atoms with Crippen molar-refractivity contribution in [2.45, 2.75) is 29.3 Å². The predicted octanol–water partition coefficient (Wildman–Crippen LogP) is 3.62. The highest BCUT2D eigenvalue weighted by Gasteiger charge is 2.47. The third kappa shape index (κ3) is 2.95. The number of alkyl halides is 5. The maximum Gasteiger partial charge on any atom is 0.318 e. The quantitative estimate of drug-likeness (QED) is 0.563. The van der Waals surface area contributed by atoms with Gasteiger partial charge in [0, 0.05) is 5.92 Å². The van der Waals surface area contributed by atoms with Crippen LogP contribution in [0.1, 0.15) is 12.8 Å². The Morgan fingerprint density at radius 2 is 1.88 bits per heavy atom. The Labute approximate surface area is 116 Å². The summed E-state index contributed by atoms with van der Waals surface area (Å²) in [6.07, 6.45) is 0.200. The molecule has 1 aliphatic carbocycles. The molecule has 2 rings (SSSR count). The fraction of sp³-hybridized carbons (Fsp3) is 0.750. The van der Waals surface area contributed by atoms with Crippen molar-refractivity contribution in [1.82, 2.24) is 4.90 Å². The van der Waals surface area contributed by atoms with Crippen LogP contribution >= 0.6 is 46.4 Å². The minimum Gasteiger partial charge on any atom is -0.276 e. The van der Waals surface area contributed by atoms with Gasteiger partial charge in [-0.2, -0.15) is 8.78 Å². The van der Waals surface area contributed by atoms with E-state index in [2.05, 4.69) is 9.98 Å². The second-order valence-corrected chi connectivity index (χ2v) is 6.45. The summed E-state index contributed by atoms with van der Waals surface area (Å²) in [6, 6.07) is 0.